The van der Waals surface area contributed by atoms with Crippen molar-refractivity contribution in [2.75, 3.05) is 15.5 Å². The van der Waals surface area contributed by atoms with E-state index in [-0.39, 0.29) is 23.5 Å². The Labute approximate surface area is 178 Å². The number of halogens is 2. The quantitative estimate of drug-likeness (QED) is 0.531. The van der Waals surface area contributed by atoms with Crippen molar-refractivity contribution in [3.63, 3.8) is 0 Å². The van der Waals surface area contributed by atoms with Crippen LogP contribution in [0, 0.1) is 11.6 Å². The summed E-state index contributed by atoms with van der Waals surface area (Å²) in [5.74, 6) is -1.07. The van der Waals surface area contributed by atoms with E-state index in [1.807, 2.05) is 0 Å². The number of anilines is 4. The molecule has 31 heavy (non-hydrogen) atoms. The van der Waals surface area contributed by atoms with Gasteiger partial charge in [0.2, 0.25) is 5.95 Å². The van der Waals surface area contributed by atoms with Gasteiger partial charge in [0, 0.05) is 18.3 Å². The lowest BCUT2D eigenvalue weighted by Crippen LogP contribution is -2.40. The molecule has 1 atom stereocenters. The number of urea groups is 1. The zero-order chi connectivity index (χ0) is 22.6. The fourth-order valence-electron chi connectivity index (χ4n) is 2.61. The Balaban J connectivity index is 1.96. The highest BCUT2D eigenvalue weighted by atomic mass is 19.1. The Morgan fingerprint density at radius 2 is 1.84 bits per heavy atom. The van der Waals surface area contributed by atoms with Crippen molar-refractivity contribution in [3.05, 3.63) is 72.4 Å². The van der Waals surface area contributed by atoms with E-state index in [9.17, 15) is 18.7 Å². The van der Waals surface area contributed by atoms with E-state index in [0.717, 1.165) is 18.2 Å². The van der Waals surface area contributed by atoms with Crippen molar-refractivity contribution in [1.29, 1.82) is 0 Å². The van der Waals surface area contributed by atoms with Crippen molar-refractivity contribution in [2.45, 2.75) is 32.4 Å². The summed E-state index contributed by atoms with van der Waals surface area (Å²) in [7, 11) is 0. The minimum absolute atomic E-state index is 0.192. The van der Waals surface area contributed by atoms with Gasteiger partial charge in [0.1, 0.15) is 17.5 Å². The van der Waals surface area contributed by atoms with Crippen LogP contribution in [0.3, 0.4) is 0 Å². The summed E-state index contributed by atoms with van der Waals surface area (Å²) in [5, 5.41) is 15.5. The lowest BCUT2D eigenvalue weighted by Gasteiger charge is -2.27. The molecule has 0 saturated heterocycles. The molecule has 3 N–H and O–H groups in total. The second-order valence-electron chi connectivity index (χ2n) is 7.48. The van der Waals surface area contributed by atoms with Gasteiger partial charge in [-0.25, -0.2) is 23.5 Å². The largest absolute Gasteiger partial charge is 0.388 e. The van der Waals surface area contributed by atoms with Crippen LogP contribution in [0.15, 0.2) is 60.8 Å². The fourth-order valence-corrected chi connectivity index (χ4v) is 2.61. The van der Waals surface area contributed by atoms with Crippen molar-refractivity contribution in [2.24, 2.45) is 0 Å². The molecule has 0 saturated carbocycles. The van der Waals surface area contributed by atoms with Crippen LogP contribution in [0.1, 0.15) is 20.8 Å². The summed E-state index contributed by atoms with van der Waals surface area (Å²) in [6.45, 7) is 5.06. The predicted octanol–water partition coefficient (Wildman–Crippen LogP) is 4.70. The zero-order valence-electron chi connectivity index (χ0n) is 17.3. The number of aliphatic hydroxyl groups is 1. The fraction of sp³-hybridized carbons (Fsp3) is 0.227. The van der Waals surface area contributed by atoms with Gasteiger partial charge < -0.3 is 15.7 Å². The summed E-state index contributed by atoms with van der Waals surface area (Å²) in [6.07, 6.45) is 1.45. The first kappa shape index (κ1) is 22.1. The van der Waals surface area contributed by atoms with Gasteiger partial charge >= 0.3 is 6.03 Å². The highest BCUT2D eigenvalue weighted by molar-refractivity contribution is 6.06. The number of aromatic nitrogens is 2. The number of rotatable bonds is 6. The van der Waals surface area contributed by atoms with Crippen molar-refractivity contribution < 1.29 is 18.7 Å². The first-order valence-corrected chi connectivity index (χ1v) is 9.58. The van der Waals surface area contributed by atoms with Crippen molar-refractivity contribution >= 4 is 29.2 Å². The monoisotopic (exact) mass is 427 g/mol. The maximum atomic E-state index is 14.1. The number of para-hydroxylation sites is 1. The molecule has 3 aromatic rings. The highest BCUT2D eigenvalue weighted by Gasteiger charge is 2.25. The topological polar surface area (TPSA) is 90.4 Å². The van der Waals surface area contributed by atoms with Crippen molar-refractivity contribution in [1.82, 2.24) is 9.97 Å². The molecule has 0 aliphatic heterocycles. The Kier molecular flexibility index (Phi) is 6.45. The number of carbonyl (C=O) groups is 1. The van der Waals surface area contributed by atoms with Crippen LogP contribution in [0.4, 0.5) is 36.7 Å². The average Bonchev–Trinajstić information content (AvgIpc) is 2.71. The number of nitrogens with zero attached hydrogens (tertiary/aromatic N) is 3. The van der Waals surface area contributed by atoms with Crippen LogP contribution in [0.25, 0.3) is 0 Å². The molecule has 0 radical (unpaired) electrons. The van der Waals surface area contributed by atoms with Crippen LogP contribution >= 0.6 is 0 Å². The molecule has 1 heterocycles. The van der Waals surface area contributed by atoms with Gasteiger partial charge in [0.05, 0.1) is 23.0 Å². The Bertz CT molecular complexity index is 1060. The summed E-state index contributed by atoms with van der Waals surface area (Å²) in [4.78, 5) is 22.8. The number of amides is 2. The highest BCUT2D eigenvalue weighted by Crippen LogP contribution is 2.26. The SMILES string of the molecule is C[C@H](Nc1nccc(N(C(=O)Nc2cc(F)ccc2F)c2ccccc2)n1)C(C)(C)O. The maximum absolute atomic E-state index is 14.1. The Hall–Kier alpha value is -3.59. The number of hydrogen-bond donors (Lipinski definition) is 3. The number of benzene rings is 2. The van der Waals surface area contributed by atoms with E-state index in [0.29, 0.717) is 5.69 Å². The molecule has 3 rings (SSSR count). The second kappa shape index (κ2) is 9.05. The van der Waals surface area contributed by atoms with E-state index in [2.05, 4.69) is 20.6 Å². The third-order valence-electron chi connectivity index (χ3n) is 4.66. The molecule has 9 heteroatoms. The van der Waals surface area contributed by atoms with Crippen molar-refractivity contribution in [3.8, 4) is 0 Å². The summed E-state index contributed by atoms with van der Waals surface area (Å²) in [5.41, 5.74) is -0.879. The van der Waals surface area contributed by atoms with Crippen LogP contribution in [-0.2, 0) is 0 Å². The summed E-state index contributed by atoms with van der Waals surface area (Å²) in [6, 6.07) is 11.8. The molecule has 0 aliphatic carbocycles. The van der Waals surface area contributed by atoms with Crippen LogP contribution < -0.4 is 15.5 Å². The minimum atomic E-state index is -1.04. The van der Waals surface area contributed by atoms with Gasteiger partial charge in [0.15, 0.2) is 0 Å². The Morgan fingerprint density at radius 3 is 2.52 bits per heavy atom. The number of hydrogen-bond acceptors (Lipinski definition) is 5. The lowest BCUT2D eigenvalue weighted by atomic mass is 10.0. The van der Waals surface area contributed by atoms with Gasteiger partial charge in [-0.2, -0.15) is 4.98 Å². The van der Waals surface area contributed by atoms with Gasteiger partial charge in [-0.15, -0.1) is 0 Å². The molecule has 0 spiro atoms. The molecule has 2 amide bonds. The lowest BCUT2D eigenvalue weighted by molar-refractivity contribution is 0.0646. The zero-order valence-corrected chi connectivity index (χ0v) is 17.3. The van der Waals surface area contributed by atoms with Gasteiger partial charge in [-0.05, 0) is 45.0 Å². The van der Waals surface area contributed by atoms with Gasteiger partial charge in [-0.3, -0.25) is 0 Å². The first-order valence-electron chi connectivity index (χ1n) is 9.58. The molecule has 1 aromatic heterocycles. The maximum Gasteiger partial charge on any atom is 0.332 e. The van der Waals surface area contributed by atoms with Crippen LogP contribution in [0.2, 0.25) is 0 Å². The smallest absolute Gasteiger partial charge is 0.332 e. The molecule has 0 unspecified atom stereocenters. The van der Waals surface area contributed by atoms with E-state index in [1.54, 1.807) is 51.1 Å². The van der Waals surface area contributed by atoms with E-state index >= 15 is 0 Å². The third-order valence-corrected chi connectivity index (χ3v) is 4.66. The van der Waals surface area contributed by atoms with Gasteiger partial charge in [0.25, 0.3) is 0 Å². The number of carbonyl (C=O) groups excluding carboxylic acids is 1. The van der Waals surface area contributed by atoms with E-state index < -0.39 is 23.3 Å². The number of nitrogens with one attached hydrogen (secondary N) is 2. The Morgan fingerprint density at radius 1 is 1.13 bits per heavy atom. The van der Waals surface area contributed by atoms with E-state index in [4.69, 9.17) is 0 Å². The molecular formula is C22H23F2N5O2. The molecule has 0 fully saturated rings. The van der Waals surface area contributed by atoms with E-state index in [1.165, 1.54) is 17.2 Å². The molecule has 162 valence electrons. The molecule has 0 aliphatic rings. The summed E-state index contributed by atoms with van der Waals surface area (Å²) >= 11 is 0. The average molecular weight is 427 g/mol. The molecule has 0 bridgehead atoms. The minimum Gasteiger partial charge on any atom is -0.388 e. The van der Waals surface area contributed by atoms with Gasteiger partial charge in [-0.1, -0.05) is 18.2 Å². The van der Waals surface area contributed by atoms with Crippen LogP contribution in [0.5, 0.6) is 0 Å². The van der Waals surface area contributed by atoms with Crippen LogP contribution in [-0.4, -0.2) is 32.7 Å². The molecule has 7 nitrogen and oxygen atoms in total. The first-order chi connectivity index (χ1) is 14.6. The molecule has 2 aromatic carbocycles. The third kappa shape index (κ3) is 5.52. The second-order valence-corrected chi connectivity index (χ2v) is 7.48. The molecular weight excluding hydrogens is 404 g/mol. The standard InChI is InChI=1S/C22H23F2N5O2/c1-14(22(2,3)31)26-20-25-12-11-19(28-20)29(16-7-5-4-6-8-16)21(30)27-18-13-15(23)9-10-17(18)24/h4-14,31H,1-3H3,(H,27,30)(H,25,26,28)/t14-/m0/s1. The summed E-state index contributed by atoms with van der Waals surface area (Å²) < 4.78 is 27.6. The normalized spacial score (nSPS) is 12.2. The predicted molar refractivity (Wildman–Crippen MR) is 115 cm³/mol.